The van der Waals surface area contributed by atoms with Crippen LogP contribution >= 0.6 is 34.8 Å². The molecule has 2 fully saturated rings. The average molecular weight is 551 g/mol. The number of benzene rings is 2. The molecule has 2 aliphatic rings. The molecule has 0 N–H and O–H groups in total. The van der Waals surface area contributed by atoms with E-state index < -0.39 is 10.0 Å². The topological polar surface area (TPSA) is 70.2 Å². The highest BCUT2D eigenvalue weighted by Crippen LogP contribution is 2.32. The summed E-state index contributed by atoms with van der Waals surface area (Å²) in [6.45, 7) is 3.07. The van der Waals surface area contributed by atoms with Crippen LogP contribution in [0.3, 0.4) is 0 Å². The largest absolute Gasteiger partial charge is 0.379 e. The lowest BCUT2D eigenvalue weighted by Crippen LogP contribution is -2.48. The van der Waals surface area contributed by atoms with E-state index >= 15 is 0 Å². The molecule has 4 rings (SSSR count). The molecule has 12 heteroatoms. The molecule has 0 aromatic heterocycles. The zero-order valence-corrected chi connectivity index (χ0v) is 21.2. The Bertz CT molecular complexity index is 1160. The number of nitrogens with zero attached hydrogens (tertiary/aromatic N) is 3. The fraction of sp³-hybridized carbons (Fsp3) is 0.409. The highest BCUT2D eigenvalue weighted by molar-refractivity contribution is 7.89. The number of halogens is 4. The molecule has 34 heavy (non-hydrogen) atoms. The Morgan fingerprint density at radius 3 is 2.26 bits per heavy atom. The van der Waals surface area contributed by atoms with Gasteiger partial charge in [0.25, 0.3) is 5.91 Å². The van der Waals surface area contributed by atoms with Gasteiger partial charge >= 0.3 is 0 Å². The van der Waals surface area contributed by atoms with Crippen molar-refractivity contribution >= 4 is 50.7 Å². The zero-order chi connectivity index (χ0) is 24.5. The molecule has 0 unspecified atom stereocenters. The summed E-state index contributed by atoms with van der Waals surface area (Å²) in [7, 11) is -3.91. The highest BCUT2D eigenvalue weighted by Gasteiger charge is 2.31. The normalized spacial score (nSPS) is 18.3. The fourth-order valence-electron chi connectivity index (χ4n) is 4.00. The first-order chi connectivity index (χ1) is 16.2. The van der Waals surface area contributed by atoms with Crippen LogP contribution in [0.2, 0.25) is 15.1 Å². The minimum absolute atomic E-state index is 0.0420. The van der Waals surface area contributed by atoms with Gasteiger partial charge in [-0.15, -0.1) is 0 Å². The van der Waals surface area contributed by atoms with Crippen LogP contribution in [0.5, 0.6) is 0 Å². The second-order valence-electron chi connectivity index (χ2n) is 8.05. The van der Waals surface area contributed by atoms with Crippen LogP contribution in [0.15, 0.2) is 35.2 Å². The van der Waals surface area contributed by atoms with E-state index in [1.54, 1.807) is 17.0 Å². The molecular weight excluding hydrogens is 528 g/mol. The summed E-state index contributed by atoms with van der Waals surface area (Å²) in [6, 6.07) is 7.11. The van der Waals surface area contributed by atoms with Gasteiger partial charge in [-0.1, -0.05) is 40.9 Å². The van der Waals surface area contributed by atoms with Crippen molar-refractivity contribution in [1.29, 1.82) is 0 Å². The first-order valence-electron chi connectivity index (χ1n) is 10.7. The van der Waals surface area contributed by atoms with Crippen molar-refractivity contribution < 1.29 is 22.3 Å². The smallest absolute Gasteiger partial charge is 0.255 e. The van der Waals surface area contributed by atoms with Crippen LogP contribution in [-0.4, -0.2) is 80.9 Å². The molecule has 2 heterocycles. The highest BCUT2D eigenvalue weighted by atomic mass is 35.5. The summed E-state index contributed by atoms with van der Waals surface area (Å²) in [4.78, 5) is 16.7. The van der Waals surface area contributed by atoms with Crippen molar-refractivity contribution in [2.75, 3.05) is 52.5 Å². The maximum Gasteiger partial charge on any atom is 0.255 e. The predicted molar refractivity (Wildman–Crippen MR) is 129 cm³/mol. The van der Waals surface area contributed by atoms with Crippen LogP contribution in [0.25, 0.3) is 0 Å². The minimum Gasteiger partial charge on any atom is -0.379 e. The van der Waals surface area contributed by atoms with Gasteiger partial charge in [-0.05, 0) is 24.3 Å². The predicted octanol–water partition coefficient (Wildman–Crippen LogP) is 3.76. The van der Waals surface area contributed by atoms with E-state index in [-0.39, 0.29) is 45.3 Å². The van der Waals surface area contributed by atoms with Gasteiger partial charge in [-0.2, -0.15) is 4.31 Å². The van der Waals surface area contributed by atoms with Gasteiger partial charge in [-0.25, -0.2) is 12.8 Å². The Balaban J connectivity index is 1.49. The Labute approximate surface area is 213 Å². The number of hydrogen-bond donors (Lipinski definition) is 0. The third-order valence-electron chi connectivity index (χ3n) is 5.94. The molecule has 0 atom stereocenters. The molecule has 2 aromatic rings. The number of ether oxygens (including phenoxy) is 1. The lowest BCUT2D eigenvalue weighted by atomic mass is 10.1. The number of rotatable bonds is 5. The van der Waals surface area contributed by atoms with Crippen molar-refractivity contribution in [2.45, 2.75) is 11.4 Å². The van der Waals surface area contributed by atoms with E-state index in [2.05, 4.69) is 0 Å². The molecule has 0 bridgehead atoms. The molecule has 2 saturated heterocycles. The molecule has 0 radical (unpaired) electrons. The summed E-state index contributed by atoms with van der Waals surface area (Å²) < 4.78 is 46.9. The molecule has 0 saturated carbocycles. The number of amides is 1. The van der Waals surface area contributed by atoms with E-state index in [0.717, 1.165) is 0 Å². The SMILES string of the molecule is O=C(c1cc(S(=O)(=O)N2CCOCC2)c(Cl)cc1Cl)N1CCN(Cc2c(F)cccc2Cl)CC1. The Morgan fingerprint density at radius 1 is 0.941 bits per heavy atom. The van der Waals surface area contributed by atoms with Crippen LogP contribution in [-0.2, 0) is 21.3 Å². The summed E-state index contributed by atoms with van der Waals surface area (Å²) in [5.41, 5.74) is 0.492. The van der Waals surface area contributed by atoms with Crippen LogP contribution in [0.4, 0.5) is 4.39 Å². The van der Waals surface area contributed by atoms with Crippen molar-refractivity contribution in [3.05, 3.63) is 62.3 Å². The summed E-state index contributed by atoms with van der Waals surface area (Å²) in [5.74, 6) is -0.753. The van der Waals surface area contributed by atoms with Crippen LogP contribution in [0.1, 0.15) is 15.9 Å². The number of carbonyl (C=O) groups excluding carboxylic acids is 1. The second-order valence-corrected chi connectivity index (χ2v) is 11.2. The minimum atomic E-state index is -3.91. The van der Waals surface area contributed by atoms with E-state index in [9.17, 15) is 17.6 Å². The Morgan fingerprint density at radius 2 is 1.62 bits per heavy atom. The molecule has 1 amide bonds. The molecule has 0 spiro atoms. The Kier molecular flexibility index (Phi) is 8.03. The van der Waals surface area contributed by atoms with E-state index in [4.69, 9.17) is 39.5 Å². The standard InChI is InChI=1S/C22H23Cl3FN3O4S/c23-17-2-1-3-20(26)16(17)14-27-4-6-28(7-5-27)22(30)15-12-21(19(25)13-18(15)24)34(31,32)29-8-10-33-11-9-29/h1-3,12-13H,4-11,14H2. The van der Waals surface area contributed by atoms with Crippen molar-refractivity contribution in [2.24, 2.45) is 0 Å². The van der Waals surface area contributed by atoms with Gasteiger partial charge in [0.15, 0.2) is 0 Å². The van der Waals surface area contributed by atoms with E-state index in [1.807, 2.05) is 4.90 Å². The zero-order valence-electron chi connectivity index (χ0n) is 18.1. The summed E-state index contributed by atoms with van der Waals surface area (Å²) in [5, 5.41) is 0.400. The second kappa shape index (κ2) is 10.7. The first-order valence-corrected chi connectivity index (χ1v) is 13.3. The molecule has 184 valence electrons. The van der Waals surface area contributed by atoms with E-state index in [1.165, 1.54) is 22.5 Å². The van der Waals surface area contributed by atoms with Gasteiger partial charge in [0, 0.05) is 56.4 Å². The van der Waals surface area contributed by atoms with Gasteiger partial charge in [0.05, 0.1) is 28.8 Å². The molecule has 7 nitrogen and oxygen atoms in total. The lowest BCUT2D eigenvalue weighted by molar-refractivity contribution is 0.0627. The number of carbonyl (C=O) groups is 1. The van der Waals surface area contributed by atoms with Gasteiger partial charge in [-0.3, -0.25) is 9.69 Å². The molecular formula is C22H23Cl3FN3O4S. The van der Waals surface area contributed by atoms with Crippen LogP contribution < -0.4 is 0 Å². The van der Waals surface area contributed by atoms with Crippen molar-refractivity contribution in [1.82, 2.24) is 14.1 Å². The number of sulfonamides is 1. The molecule has 0 aliphatic carbocycles. The number of hydrogen-bond acceptors (Lipinski definition) is 5. The third kappa shape index (κ3) is 5.36. The Hall–Kier alpha value is -1.46. The number of morpholine rings is 1. The van der Waals surface area contributed by atoms with Gasteiger partial charge in [0.1, 0.15) is 10.7 Å². The van der Waals surface area contributed by atoms with E-state index in [0.29, 0.717) is 56.5 Å². The first kappa shape index (κ1) is 25.6. The van der Waals surface area contributed by atoms with Crippen molar-refractivity contribution in [3.63, 3.8) is 0 Å². The van der Waals surface area contributed by atoms with Gasteiger partial charge < -0.3 is 9.64 Å². The molecule has 2 aliphatic heterocycles. The number of piperazine rings is 1. The molecule has 2 aromatic carbocycles. The maximum absolute atomic E-state index is 14.1. The monoisotopic (exact) mass is 549 g/mol. The lowest BCUT2D eigenvalue weighted by Gasteiger charge is -2.35. The summed E-state index contributed by atoms with van der Waals surface area (Å²) >= 11 is 18.6. The third-order valence-corrected chi connectivity index (χ3v) is 8.97. The van der Waals surface area contributed by atoms with Crippen molar-refractivity contribution in [3.8, 4) is 0 Å². The average Bonchev–Trinajstić information content (AvgIpc) is 2.82. The maximum atomic E-state index is 14.1. The van der Waals surface area contributed by atoms with Gasteiger partial charge in [0.2, 0.25) is 10.0 Å². The van der Waals surface area contributed by atoms with Crippen LogP contribution in [0, 0.1) is 5.82 Å². The fourth-order valence-corrected chi connectivity index (χ4v) is 6.46. The quantitative estimate of drug-likeness (QED) is 0.567. The summed E-state index contributed by atoms with van der Waals surface area (Å²) in [6.07, 6.45) is 0.